The smallest absolute Gasteiger partial charge is 0.338 e. The van der Waals surface area contributed by atoms with E-state index in [9.17, 15) is 4.79 Å². The Morgan fingerprint density at radius 2 is 2.30 bits per heavy atom. The highest BCUT2D eigenvalue weighted by atomic mass is 16.5. The minimum Gasteiger partial charge on any atom is -0.478 e. The lowest BCUT2D eigenvalue weighted by Crippen LogP contribution is -2.26. The monoisotopic (exact) mass is 273 g/mol. The first-order valence-electron chi connectivity index (χ1n) is 6.72. The summed E-state index contributed by atoms with van der Waals surface area (Å²) in [7, 11) is 0. The van der Waals surface area contributed by atoms with Gasteiger partial charge in [0, 0.05) is 24.0 Å². The zero-order valence-electron chi connectivity index (χ0n) is 11.2. The largest absolute Gasteiger partial charge is 0.478 e. The molecule has 1 aliphatic heterocycles. The summed E-state index contributed by atoms with van der Waals surface area (Å²) in [6.07, 6.45) is 7.90. The van der Waals surface area contributed by atoms with Crippen molar-refractivity contribution >= 4 is 11.7 Å². The quantitative estimate of drug-likeness (QED) is 0.900. The van der Waals surface area contributed by atoms with Crippen LogP contribution in [0, 0.1) is 0 Å². The molecule has 1 aliphatic carbocycles. The van der Waals surface area contributed by atoms with Gasteiger partial charge in [0.05, 0.1) is 23.5 Å². The van der Waals surface area contributed by atoms with Crippen molar-refractivity contribution in [2.75, 3.05) is 6.61 Å². The van der Waals surface area contributed by atoms with Crippen LogP contribution in [-0.2, 0) is 10.2 Å². The number of ether oxygens (including phenoxy) is 1. The third-order valence-electron chi connectivity index (χ3n) is 4.64. The third-order valence-corrected chi connectivity index (χ3v) is 4.64. The molecule has 4 rings (SSSR count). The van der Waals surface area contributed by atoms with Crippen LogP contribution in [-0.4, -0.2) is 37.7 Å². The first-order chi connectivity index (χ1) is 9.50. The van der Waals surface area contributed by atoms with Gasteiger partial charge in [0.15, 0.2) is 0 Å². The summed E-state index contributed by atoms with van der Waals surface area (Å²) in [5.74, 6) is -0.440. The molecule has 104 valence electrons. The van der Waals surface area contributed by atoms with E-state index in [0.717, 1.165) is 25.0 Å². The van der Waals surface area contributed by atoms with Gasteiger partial charge in [-0.3, -0.25) is 4.40 Å². The van der Waals surface area contributed by atoms with Crippen LogP contribution in [0.4, 0.5) is 0 Å². The molecule has 3 heterocycles. The van der Waals surface area contributed by atoms with Gasteiger partial charge in [-0.2, -0.15) is 0 Å². The minimum absolute atomic E-state index is 0.0184. The molecule has 6 nitrogen and oxygen atoms in total. The number of nitrogens with zero attached hydrogens (tertiary/aromatic N) is 3. The van der Waals surface area contributed by atoms with Crippen LogP contribution in [0.1, 0.15) is 42.2 Å². The molecule has 2 aromatic rings. The maximum atomic E-state index is 11.0. The van der Waals surface area contributed by atoms with Crippen molar-refractivity contribution in [2.45, 2.75) is 37.2 Å². The van der Waals surface area contributed by atoms with Gasteiger partial charge >= 0.3 is 5.97 Å². The molecule has 2 fully saturated rings. The van der Waals surface area contributed by atoms with E-state index in [0.29, 0.717) is 12.4 Å². The molecule has 2 bridgehead atoms. The van der Waals surface area contributed by atoms with Gasteiger partial charge in [0.2, 0.25) is 5.78 Å². The molecular weight excluding hydrogens is 258 g/mol. The average Bonchev–Trinajstić information content (AvgIpc) is 3.07. The fourth-order valence-corrected chi connectivity index (χ4v) is 3.50. The second kappa shape index (κ2) is 3.58. The van der Waals surface area contributed by atoms with Crippen molar-refractivity contribution in [3.05, 3.63) is 29.8 Å². The van der Waals surface area contributed by atoms with Crippen molar-refractivity contribution in [3.8, 4) is 0 Å². The molecule has 0 amide bonds. The molecule has 2 aromatic heterocycles. The van der Waals surface area contributed by atoms with Crippen LogP contribution in [0.5, 0.6) is 0 Å². The highest BCUT2D eigenvalue weighted by Crippen LogP contribution is 2.53. The Morgan fingerprint density at radius 1 is 1.45 bits per heavy atom. The molecule has 6 heteroatoms. The summed E-state index contributed by atoms with van der Waals surface area (Å²) in [6.45, 7) is 2.84. The van der Waals surface area contributed by atoms with E-state index < -0.39 is 5.97 Å². The molecule has 0 aromatic carbocycles. The van der Waals surface area contributed by atoms with Crippen molar-refractivity contribution in [1.82, 2.24) is 14.4 Å². The Bertz CT molecular complexity index is 714. The lowest BCUT2D eigenvalue weighted by molar-refractivity contribution is -0.00627. The Balaban J connectivity index is 1.80. The van der Waals surface area contributed by atoms with Gasteiger partial charge in [-0.05, 0) is 26.2 Å². The molecular formula is C14H15N3O3. The lowest BCUT2D eigenvalue weighted by atomic mass is 9.84. The normalized spacial score (nSPS) is 32.0. The summed E-state index contributed by atoms with van der Waals surface area (Å²) in [5.41, 5.74) is 1.09. The van der Waals surface area contributed by atoms with Crippen LogP contribution in [0.3, 0.4) is 0 Å². The Kier molecular flexibility index (Phi) is 2.12. The molecule has 20 heavy (non-hydrogen) atoms. The second-order valence-electron chi connectivity index (χ2n) is 6.18. The molecule has 0 radical (unpaired) electrons. The first-order valence-corrected chi connectivity index (χ1v) is 6.72. The van der Waals surface area contributed by atoms with Crippen molar-refractivity contribution < 1.29 is 14.6 Å². The predicted molar refractivity (Wildman–Crippen MR) is 69.8 cm³/mol. The number of carboxylic acids is 1. The summed E-state index contributed by atoms with van der Waals surface area (Å²) in [4.78, 5) is 19.7. The molecule has 1 saturated heterocycles. The fourth-order valence-electron chi connectivity index (χ4n) is 3.50. The lowest BCUT2D eigenvalue weighted by Gasteiger charge is -2.24. The van der Waals surface area contributed by atoms with E-state index in [1.54, 1.807) is 10.6 Å². The van der Waals surface area contributed by atoms with E-state index in [4.69, 9.17) is 9.84 Å². The predicted octanol–water partition coefficient (Wildman–Crippen LogP) is 1.64. The Labute approximate surface area is 115 Å². The van der Waals surface area contributed by atoms with Gasteiger partial charge in [-0.1, -0.05) is 0 Å². The highest BCUT2D eigenvalue weighted by Gasteiger charge is 2.55. The number of aromatic carboxylic acids is 1. The topological polar surface area (TPSA) is 76.7 Å². The molecule has 0 unspecified atom stereocenters. The molecule has 0 spiro atoms. The van der Waals surface area contributed by atoms with Gasteiger partial charge < -0.3 is 9.84 Å². The first kappa shape index (κ1) is 11.8. The third kappa shape index (κ3) is 1.51. The number of fused-ring (bicyclic) bond motifs is 3. The Hall–Kier alpha value is -1.95. The summed E-state index contributed by atoms with van der Waals surface area (Å²) >= 11 is 0. The molecule has 1 saturated carbocycles. The number of carboxylic acid groups (broad SMARTS) is 1. The number of imidazole rings is 1. The van der Waals surface area contributed by atoms with Crippen LogP contribution in [0.25, 0.3) is 5.78 Å². The number of rotatable bonds is 2. The molecule has 2 aliphatic rings. The van der Waals surface area contributed by atoms with Crippen LogP contribution >= 0.6 is 0 Å². The standard InChI is InChI=1S/C14H15N3O3/c1-13-2-3-14(7-13,8-20-13)10-6-17-5-9(11(18)19)4-15-12(17)16-10/h4-6H,2-3,7-8H2,1H3,(H,18,19)/t13-,14-/m0/s1. The highest BCUT2D eigenvalue weighted by molar-refractivity contribution is 5.87. The number of hydrogen-bond acceptors (Lipinski definition) is 4. The summed E-state index contributed by atoms with van der Waals surface area (Å²) in [5, 5.41) is 9.01. The second-order valence-corrected chi connectivity index (χ2v) is 6.18. The van der Waals surface area contributed by atoms with E-state index in [-0.39, 0.29) is 16.6 Å². The van der Waals surface area contributed by atoms with Crippen molar-refractivity contribution in [2.24, 2.45) is 0 Å². The van der Waals surface area contributed by atoms with E-state index in [2.05, 4.69) is 16.9 Å². The summed E-state index contributed by atoms with van der Waals surface area (Å²) < 4.78 is 7.59. The molecule has 1 N–H and O–H groups in total. The van der Waals surface area contributed by atoms with Crippen LogP contribution < -0.4 is 0 Å². The number of aromatic nitrogens is 3. The van der Waals surface area contributed by atoms with Gasteiger partial charge in [0.1, 0.15) is 0 Å². The Morgan fingerprint density at radius 3 is 2.90 bits per heavy atom. The maximum Gasteiger partial charge on any atom is 0.338 e. The number of hydrogen-bond donors (Lipinski definition) is 1. The number of carbonyl (C=O) groups is 1. The average molecular weight is 273 g/mol. The van der Waals surface area contributed by atoms with Crippen LogP contribution in [0.15, 0.2) is 18.6 Å². The minimum atomic E-state index is -0.981. The van der Waals surface area contributed by atoms with Crippen molar-refractivity contribution in [3.63, 3.8) is 0 Å². The van der Waals surface area contributed by atoms with E-state index in [1.807, 2.05) is 6.20 Å². The summed E-state index contributed by atoms with van der Waals surface area (Å²) in [6, 6.07) is 0. The van der Waals surface area contributed by atoms with Gasteiger partial charge in [0.25, 0.3) is 0 Å². The van der Waals surface area contributed by atoms with Gasteiger partial charge in [-0.25, -0.2) is 14.8 Å². The SMILES string of the molecule is C[C@@]12CC[C@@](c3cn4cc(C(=O)O)cnc4n3)(CO1)C2. The van der Waals surface area contributed by atoms with Gasteiger partial charge in [-0.15, -0.1) is 0 Å². The van der Waals surface area contributed by atoms with Crippen LogP contribution in [0.2, 0.25) is 0 Å². The van der Waals surface area contributed by atoms with E-state index >= 15 is 0 Å². The molecule has 2 atom stereocenters. The van der Waals surface area contributed by atoms with Crippen molar-refractivity contribution in [1.29, 1.82) is 0 Å². The van der Waals surface area contributed by atoms with E-state index in [1.165, 1.54) is 6.20 Å². The zero-order valence-corrected chi connectivity index (χ0v) is 11.2. The zero-order chi connectivity index (χ0) is 14.0. The maximum absolute atomic E-state index is 11.0. The fraction of sp³-hybridized carbons (Fsp3) is 0.500.